The summed E-state index contributed by atoms with van der Waals surface area (Å²) in [6, 6.07) is 9.66. The second kappa shape index (κ2) is 8.23. The molecule has 136 valence electrons. The van der Waals surface area contributed by atoms with Crippen molar-refractivity contribution in [1.82, 2.24) is 10.2 Å². The van der Waals surface area contributed by atoms with E-state index >= 15 is 0 Å². The van der Waals surface area contributed by atoms with E-state index in [1.165, 1.54) is 11.8 Å². The number of benzene rings is 1. The molecule has 1 atom stereocenters. The summed E-state index contributed by atoms with van der Waals surface area (Å²) in [4.78, 5) is 12.3. The first-order valence-corrected chi connectivity index (χ1v) is 9.46. The average Bonchev–Trinajstić information content (AvgIpc) is 3.28. The number of aryl methyl sites for hydroxylation is 1. The average molecular weight is 371 g/mol. The number of nitrogens with zero attached hydrogens (tertiary/aromatic N) is 2. The van der Waals surface area contributed by atoms with Gasteiger partial charge in [0.15, 0.2) is 0 Å². The number of carbonyl (C=O) groups is 1. The van der Waals surface area contributed by atoms with E-state index in [1.54, 1.807) is 12.3 Å². The summed E-state index contributed by atoms with van der Waals surface area (Å²) in [6.07, 6.45) is 2.59. The molecule has 2 heterocycles. The third-order valence-electron chi connectivity index (χ3n) is 4.20. The van der Waals surface area contributed by atoms with Crippen molar-refractivity contribution in [1.29, 1.82) is 0 Å². The molecule has 0 aliphatic rings. The summed E-state index contributed by atoms with van der Waals surface area (Å²) in [5, 5.41) is 11.3. The molecule has 0 unspecified atom stereocenters. The topological polar surface area (TPSA) is 81.2 Å². The molecule has 0 aliphatic heterocycles. The minimum atomic E-state index is -0.106. The number of aromatic nitrogens is 2. The van der Waals surface area contributed by atoms with E-state index in [2.05, 4.69) is 35.4 Å². The van der Waals surface area contributed by atoms with Crippen molar-refractivity contribution in [3.8, 4) is 11.5 Å². The van der Waals surface area contributed by atoms with Crippen LogP contribution in [0.3, 0.4) is 0 Å². The number of hydrogen-bond donors (Lipinski definition) is 1. The third kappa shape index (κ3) is 4.16. The Hall–Kier alpha value is -2.54. The maximum absolute atomic E-state index is 12.3. The summed E-state index contributed by atoms with van der Waals surface area (Å²) >= 11 is 1.21. The van der Waals surface area contributed by atoms with Crippen molar-refractivity contribution < 1.29 is 13.6 Å². The lowest BCUT2D eigenvalue weighted by atomic mass is 9.97. The Bertz CT molecular complexity index is 888. The maximum Gasteiger partial charge on any atom is 0.277 e. The fourth-order valence-electron chi connectivity index (χ4n) is 2.56. The molecule has 0 radical (unpaired) electrons. The van der Waals surface area contributed by atoms with Gasteiger partial charge in [0.05, 0.1) is 17.6 Å². The molecule has 0 fully saturated rings. The molecule has 6 nitrogen and oxygen atoms in total. The Morgan fingerprint density at radius 3 is 2.81 bits per heavy atom. The monoisotopic (exact) mass is 371 g/mol. The zero-order valence-corrected chi connectivity index (χ0v) is 15.8. The Balaban J connectivity index is 1.60. The zero-order valence-electron chi connectivity index (χ0n) is 15.0. The number of carbonyl (C=O) groups excluding carboxylic acids is 1. The van der Waals surface area contributed by atoms with E-state index in [4.69, 9.17) is 8.83 Å². The van der Waals surface area contributed by atoms with Crippen LogP contribution >= 0.6 is 11.8 Å². The van der Waals surface area contributed by atoms with E-state index in [9.17, 15) is 4.79 Å². The van der Waals surface area contributed by atoms with Gasteiger partial charge in [0.2, 0.25) is 5.91 Å². The van der Waals surface area contributed by atoms with Crippen LogP contribution in [0.4, 0.5) is 5.69 Å². The number of rotatable bonds is 7. The molecule has 0 aliphatic carbocycles. The number of nitrogens with one attached hydrogen (secondary N) is 1. The van der Waals surface area contributed by atoms with Crippen LogP contribution < -0.4 is 5.32 Å². The number of amides is 1. The molecule has 3 rings (SSSR count). The summed E-state index contributed by atoms with van der Waals surface area (Å²) in [7, 11) is 0. The largest absolute Gasteiger partial charge is 0.469 e. The molecule has 0 saturated carbocycles. The fourth-order valence-corrected chi connectivity index (χ4v) is 3.12. The number of anilines is 1. The highest BCUT2D eigenvalue weighted by Gasteiger charge is 2.15. The van der Waals surface area contributed by atoms with Crippen LogP contribution in [0.2, 0.25) is 0 Å². The Labute approximate surface area is 156 Å². The van der Waals surface area contributed by atoms with Crippen LogP contribution in [0.5, 0.6) is 0 Å². The third-order valence-corrected chi connectivity index (χ3v) is 5.02. The quantitative estimate of drug-likeness (QED) is 0.596. The first-order chi connectivity index (χ1) is 12.6. The van der Waals surface area contributed by atoms with Crippen molar-refractivity contribution in [2.45, 2.75) is 38.3 Å². The predicted molar refractivity (Wildman–Crippen MR) is 101 cm³/mol. The van der Waals surface area contributed by atoms with Crippen LogP contribution in [-0.2, 0) is 4.79 Å². The van der Waals surface area contributed by atoms with Crippen LogP contribution in [0.1, 0.15) is 37.5 Å². The molecule has 1 N–H and O–H groups in total. The van der Waals surface area contributed by atoms with Crippen molar-refractivity contribution in [3.63, 3.8) is 0 Å². The first-order valence-electron chi connectivity index (χ1n) is 8.48. The van der Waals surface area contributed by atoms with E-state index in [0.29, 0.717) is 22.8 Å². The molecule has 26 heavy (non-hydrogen) atoms. The molecule has 0 saturated heterocycles. The standard InChI is InChI=1S/C19H21N3O3S/c1-4-12(2)14-7-5-6-8-16(14)20-17(23)11-26-19-22-21-18(25-19)15-9-10-24-13(15)3/h5-10,12H,4,11H2,1-3H3,(H,20,23)/t12-/m1/s1. The van der Waals surface area contributed by atoms with Gasteiger partial charge in [0.25, 0.3) is 11.1 Å². The van der Waals surface area contributed by atoms with Crippen molar-refractivity contribution in [3.05, 3.63) is 47.9 Å². The van der Waals surface area contributed by atoms with E-state index in [0.717, 1.165) is 23.2 Å². The molecular weight excluding hydrogens is 350 g/mol. The molecule has 2 aromatic heterocycles. The highest BCUT2D eigenvalue weighted by atomic mass is 32.2. The van der Waals surface area contributed by atoms with Gasteiger partial charge in [0.1, 0.15) is 5.76 Å². The van der Waals surface area contributed by atoms with E-state index in [-0.39, 0.29) is 11.7 Å². The molecular formula is C19H21N3O3S. The maximum atomic E-state index is 12.3. The lowest BCUT2D eigenvalue weighted by molar-refractivity contribution is -0.113. The van der Waals surface area contributed by atoms with Gasteiger partial charge < -0.3 is 14.2 Å². The van der Waals surface area contributed by atoms with Gasteiger partial charge in [-0.05, 0) is 37.0 Å². The van der Waals surface area contributed by atoms with Gasteiger partial charge in [0, 0.05) is 5.69 Å². The van der Waals surface area contributed by atoms with Gasteiger partial charge in [-0.15, -0.1) is 10.2 Å². The van der Waals surface area contributed by atoms with Gasteiger partial charge in [-0.2, -0.15) is 0 Å². The van der Waals surface area contributed by atoms with E-state index < -0.39 is 0 Å². The van der Waals surface area contributed by atoms with Crippen molar-refractivity contribution in [2.75, 3.05) is 11.1 Å². The van der Waals surface area contributed by atoms with Gasteiger partial charge in [-0.25, -0.2) is 0 Å². The highest BCUT2D eigenvalue weighted by molar-refractivity contribution is 7.99. The molecule has 0 spiro atoms. The highest BCUT2D eigenvalue weighted by Crippen LogP contribution is 2.28. The van der Waals surface area contributed by atoms with Crippen LogP contribution in [0.15, 0.2) is 50.7 Å². The Morgan fingerprint density at radius 1 is 1.27 bits per heavy atom. The summed E-state index contributed by atoms with van der Waals surface area (Å²) < 4.78 is 10.8. The van der Waals surface area contributed by atoms with Crippen LogP contribution in [0.25, 0.3) is 11.5 Å². The number of thioether (sulfide) groups is 1. The molecule has 3 aromatic rings. The van der Waals surface area contributed by atoms with Crippen LogP contribution in [-0.4, -0.2) is 21.9 Å². The Morgan fingerprint density at radius 2 is 2.08 bits per heavy atom. The Kier molecular flexibility index (Phi) is 5.78. The summed E-state index contributed by atoms with van der Waals surface area (Å²) in [5.74, 6) is 1.58. The van der Waals surface area contributed by atoms with E-state index in [1.807, 2.05) is 25.1 Å². The lowest BCUT2D eigenvalue weighted by Gasteiger charge is -2.15. The van der Waals surface area contributed by atoms with Crippen molar-refractivity contribution in [2.24, 2.45) is 0 Å². The molecule has 7 heteroatoms. The van der Waals surface area contributed by atoms with Gasteiger partial charge in [-0.1, -0.05) is 43.8 Å². The van der Waals surface area contributed by atoms with Gasteiger partial charge >= 0.3 is 0 Å². The fraction of sp³-hybridized carbons (Fsp3) is 0.316. The SMILES string of the molecule is CC[C@@H](C)c1ccccc1NC(=O)CSc1nnc(-c2ccoc2C)o1. The second-order valence-corrected chi connectivity index (χ2v) is 6.92. The lowest BCUT2D eigenvalue weighted by Crippen LogP contribution is -2.15. The minimum absolute atomic E-state index is 0.106. The van der Waals surface area contributed by atoms with Gasteiger partial charge in [-0.3, -0.25) is 4.79 Å². The molecule has 1 aromatic carbocycles. The molecule has 0 bridgehead atoms. The number of para-hydroxylation sites is 1. The van der Waals surface area contributed by atoms with Crippen molar-refractivity contribution >= 4 is 23.4 Å². The summed E-state index contributed by atoms with van der Waals surface area (Å²) in [5.41, 5.74) is 2.76. The number of hydrogen-bond acceptors (Lipinski definition) is 6. The van der Waals surface area contributed by atoms with Crippen LogP contribution in [0, 0.1) is 6.92 Å². The number of furan rings is 1. The first kappa shape index (κ1) is 18.3. The predicted octanol–water partition coefficient (Wildman–Crippen LogP) is 4.88. The minimum Gasteiger partial charge on any atom is -0.469 e. The summed E-state index contributed by atoms with van der Waals surface area (Å²) in [6.45, 7) is 6.11. The zero-order chi connectivity index (χ0) is 18.5. The molecule has 1 amide bonds. The normalized spacial score (nSPS) is 12.1. The smallest absolute Gasteiger partial charge is 0.277 e. The second-order valence-electron chi connectivity index (χ2n) is 6.00.